The number of fused-ring (bicyclic) bond motifs is 1. The Labute approximate surface area is 207 Å². The van der Waals surface area contributed by atoms with Gasteiger partial charge < -0.3 is 9.80 Å². The van der Waals surface area contributed by atoms with E-state index in [1.807, 2.05) is 13.8 Å². The van der Waals surface area contributed by atoms with Gasteiger partial charge in [0.05, 0.1) is 21.4 Å². The first-order valence-electron chi connectivity index (χ1n) is 11.4. The number of thioether (sulfide) groups is 1. The van der Waals surface area contributed by atoms with Crippen LogP contribution in [-0.2, 0) is 16.1 Å². The fourth-order valence-corrected chi connectivity index (χ4v) is 6.00. The molecule has 2 unspecified atom stereocenters. The SMILES string of the molecule is CCN(CC)C(=O)C1=C(C)C2C(=O)N(c3ccccc3)C(=O)N(Cc3cccc([N+](=O)[O-])c3)C2S1. The maximum absolute atomic E-state index is 13.7. The Morgan fingerprint density at radius 1 is 1.09 bits per heavy atom. The molecule has 0 spiro atoms. The summed E-state index contributed by atoms with van der Waals surface area (Å²) in [6, 6.07) is 14.2. The average Bonchev–Trinajstić information content (AvgIpc) is 3.20. The molecule has 2 heterocycles. The van der Waals surface area contributed by atoms with E-state index in [-0.39, 0.29) is 24.0 Å². The summed E-state index contributed by atoms with van der Waals surface area (Å²) < 4.78 is 0. The van der Waals surface area contributed by atoms with Crippen LogP contribution < -0.4 is 4.90 Å². The Balaban J connectivity index is 1.77. The minimum Gasteiger partial charge on any atom is -0.339 e. The molecule has 4 amide bonds. The second kappa shape index (κ2) is 9.91. The summed E-state index contributed by atoms with van der Waals surface area (Å²) in [5.74, 6) is -1.24. The summed E-state index contributed by atoms with van der Waals surface area (Å²) in [7, 11) is 0. The molecule has 0 aromatic heterocycles. The number of nitrogens with zero attached hydrogens (tertiary/aromatic N) is 4. The molecule has 0 N–H and O–H groups in total. The summed E-state index contributed by atoms with van der Waals surface area (Å²) in [4.78, 5) is 56.2. The molecule has 0 bridgehead atoms. The summed E-state index contributed by atoms with van der Waals surface area (Å²) in [5.41, 5.74) is 1.56. The number of anilines is 1. The van der Waals surface area contributed by atoms with Crippen LogP contribution in [0.5, 0.6) is 0 Å². The first-order valence-corrected chi connectivity index (χ1v) is 12.3. The van der Waals surface area contributed by atoms with E-state index < -0.39 is 22.2 Å². The maximum atomic E-state index is 13.7. The Morgan fingerprint density at radius 2 is 1.77 bits per heavy atom. The number of amides is 4. The Kier molecular flexibility index (Phi) is 6.93. The second-order valence-corrected chi connectivity index (χ2v) is 9.45. The number of urea groups is 1. The molecule has 2 aromatic carbocycles. The van der Waals surface area contributed by atoms with E-state index in [0.717, 1.165) is 4.90 Å². The lowest BCUT2D eigenvalue weighted by molar-refractivity contribution is -0.384. The molecule has 2 atom stereocenters. The zero-order valence-electron chi connectivity index (χ0n) is 19.7. The minimum atomic E-state index is -0.703. The molecule has 0 radical (unpaired) electrons. The first-order chi connectivity index (χ1) is 16.8. The highest BCUT2D eigenvalue weighted by atomic mass is 32.2. The quantitative estimate of drug-likeness (QED) is 0.418. The number of non-ortho nitro benzene ring substituents is 1. The fraction of sp³-hybridized carbons (Fsp3) is 0.320. The van der Waals surface area contributed by atoms with Crippen molar-refractivity contribution in [3.05, 3.63) is 80.8 Å². The second-order valence-electron chi connectivity index (χ2n) is 8.32. The van der Waals surface area contributed by atoms with Crippen molar-refractivity contribution in [2.24, 2.45) is 5.92 Å². The van der Waals surface area contributed by atoms with E-state index in [9.17, 15) is 24.5 Å². The molecule has 0 aliphatic carbocycles. The predicted molar refractivity (Wildman–Crippen MR) is 133 cm³/mol. The molecule has 35 heavy (non-hydrogen) atoms. The molecule has 2 aliphatic rings. The molecular weight excluding hydrogens is 468 g/mol. The molecule has 1 fully saturated rings. The lowest BCUT2D eigenvalue weighted by Gasteiger charge is -2.42. The minimum absolute atomic E-state index is 0.0608. The largest absolute Gasteiger partial charge is 0.339 e. The van der Waals surface area contributed by atoms with Gasteiger partial charge >= 0.3 is 6.03 Å². The summed E-state index contributed by atoms with van der Waals surface area (Å²) in [5, 5.41) is 10.7. The van der Waals surface area contributed by atoms with Crippen molar-refractivity contribution in [3.63, 3.8) is 0 Å². The number of rotatable bonds is 7. The third kappa shape index (κ3) is 4.41. The van der Waals surface area contributed by atoms with Crippen LogP contribution >= 0.6 is 11.8 Å². The number of para-hydroxylation sites is 1. The number of imide groups is 1. The molecule has 0 saturated carbocycles. The number of likely N-dealkylation sites (N-methyl/N-ethyl adjacent to an activating group) is 1. The van der Waals surface area contributed by atoms with Gasteiger partial charge in [-0.15, -0.1) is 0 Å². The van der Waals surface area contributed by atoms with Gasteiger partial charge in [0.15, 0.2) is 0 Å². The van der Waals surface area contributed by atoms with Gasteiger partial charge in [-0.05, 0) is 44.0 Å². The molecule has 2 aliphatic heterocycles. The smallest absolute Gasteiger partial charge is 0.332 e. The van der Waals surface area contributed by atoms with Crippen molar-refractivity contribution in [1.82, 2.24) is 9.80 Å². The summed E-state index contributed by atoms with van der Waals surface area (Å²) >= 11 is 1.22. The van der Waals surface area contributed by atoms with E-state index in [0.29, 0.717) is 34.8 Å². The highest BCUT2D eigenvalue weighted by Gasteiger charge is 2.53. The highest BCUT2D eigenvalue weighted by molar-refractivity contribution is 8.04. The maximum Gasteiger partial charge on any atom is 0.332 e. The van der Waals surface area contributed by atoms with Gasteiger partial charge in [-0.25, -0.2) is 9.69 Å². The van der Waals surface area contributed by atoms with Gasteiger partial charge in [0, 0.05) is 31.8 Å². The van der Waals surface area contributed by atoms with Gasteiger partial charge in [0.25, 0.3) is 11.6 Å². The standard InChI is InChI=1S/C25H26N4O5S/c1-4-26(5-2)23(31)21-16(3)20-22(30)28(18-11-7-6-8-12-18)25(32)27(24(20)35-21)15-17-10-9-13-19(14-17)29(33)34/h6-14,20,24H,4-5,15H2,1-3H3. The number of hydrogen-bond acceptors (Lipinski definition) is 6. The van der Waals surface area contributed by atoms with Crippen LogP contribution in [-0.4, -0.2) is 51.0 Å². The molecule has 4 rings (SSSR count). The predicted octanol–water partition coefficient (Wildman–Crippen LogP) is 4.40. The van der Waals surface area contributed by atoms with Gasteiger partial charge in [-0.3, -0.25) is 19.7 Å². The van der Waals surface area contributed by atoms with E-state index in [1.165, 1.54) is 28.8 Å². The third-order valence-electron chi connectivity index (χ3n) is 6.31. The number of nitro groups is 1. The zero-order chi connectivity index (χ0) is 25.3. The summed E-state index contributed by atoms with van der Waals surface area (Å²) in [6.45, 7) is 6.68. The first kappa shape index (κ1) is 24.5. The lowest BCUT2D eigenvalue weighted by Crippen LogP contribution is -2.59. The van der Waals surface area contributed by atoms with Crippen molar-refractivity contribution in [2.45, 2.75) is 32.7 Å². The van der Waals surface area contributed by atoms with Crippen molar-refractivity contribution >= 4 is 41.0 Å². The number of nitro benzene ring substituents is 1. The van der Waals surface area contributed by atoms with Crippen LogP contribution in [0.15, 0.2) is 65.1 Å². The Morgan fingerprint density at radius 3 is 2.40 bits per heavy atom. The van der Waals surface area contributed by atoms with E-state index in [2.05, 4.69) is 0 Å². The number of benzene rings is 2. The monoisotopic (exact) mass is 494 g/mol. The van der Waals surface area contributed by atoms with E-state index in [4.69, 9.17) is 0 Å². The fourth-order valence-electron chi connectivity index (χ4n) is 4.47. The topological polar surface area (TPSA) is 104 Å². The lowest BCUT2D eigenvalue weighted by atomic mass is 9.94. The Bertz CT molecular complexity index is 1210. The van der Waals surface area contributed by atoms with Gasteiger partial charge in [-0.1, -0.05) is 42.1 Å². The van der Waals surface area contributed by atoms with Crippen LogP contribution in [0.3, 0.4) is 0 Å². The molecule has 2 aromatic rings. The van der Waals surface area contributed by atoms with Crippen LogP contribution in [0.25, 0.3) is 0 Å². The van der Waals surface area contributed by atoms with Gasteiger partial charge in [0.1, 0.15) is 5.37 Å². The van der Waals surface area contributed by atoms with Gasteiger partial charge in [-0.2, -0.15) is 0 Å². The van der Waals surface area contributed by atoms with Gasteiger partial charge in [0.2, 0.25) is 5.91 Å². The third-order valence-corrected chi connectivity index (χ3v) is 7.81. The highest BCUT2D eigenvalue weighted by Crippen LogP contribution is 2.48. The average molecular weight is 495 g/mol. The van der Waals surface area contributed by atoms with Crippen LogP contribution in [0.2, 0.25) is 0 Å². The van der Waals surface area contributed by atoms with Crippen molar-refractivity contribution in [3.8, 4) is 0 Å². The van der Waals surface area contributed by atoms with E-state index in [1.54, 1.807) is 54.3 Å². The van der Waals surface area contributed by atoms with Crippen LogP contribution in [0, 0.1) is 16.0 Å². The van der Waals surface area contributed by atoms with Crippen molar-refractivity contribution < 1.29 is 19.3 Å². The number of carbonyl (C=O) groups excluding carboxylic acids is 3. The molecule has 9 nitrogen and oxygen atoms in total. The molecular formula is C25H26N4O5S. The number of carbonyl (C=O) groups is 3. The Hall–Kier alpha value is -3.66. The zero-order valence-corrected chi connectivity index (χ0v) is 20.5. The summed E-state index contributed by atoms with van der Waals surface area (Å²) in [6.07, 6.45) is 0. The number of hydrogen-bond donors (Lipinski definition) is 0. The normalized spacial score (nSPS) is 19.7. The van der Waals surface area contributed by atoms with Crippen molar-refractivity contribution in [2.75, 3.05) is 18.0 Å². The van der Waals surface area contributed by atoms with E-state index >= 15 is 0 Å². The molecule has 10 heteroatoms. The van der Waals surface area contributed by atoms with Crippen LogP contribution in [0.1, 0.15) is 26.3 Å². The molecule has 1 saturated heterocycles. The van der Waals surface area contributed by atoms with Crippen LogP contribution in [0.4, 0.5) is 16.2 Å². The molecule has 182 valence electrons. The van der Waals surface area contributed by atoms with Crippen molar-refractivity contribution in [1.29, 1.82) is 0 Å².